The molecule has 0 atom stereocenters. The average Bonchev–Trinajstić information content (AvgIpc) is 3.08. The molecule has 0 bridgehead atoms. The molecule has 1 amide bonds. The lowest BCUT2D eigenvalue weighted by Crippen LogP contribution is -2.12. The summed E-state index contributed by atoms with van der Waals surface area (Å²) >= 11 is 0. The molecule has 0 spiro atoms. The van der Waals surface area contributed by atoms with E-state index in [1.807, 2.05) is 91.2 Å². The lowest BCUT2D eigenvalue weighted by atomic mass is 10.1. The van der Waals surface area contributed by atoms with Crippen molar-refractivity contribution < 1.29 is 4.79 Å². The van der Waals surface area contributed by atoms with E-state index in [1.165, 1.54) is 0 Å². The molecule has 30 heavy (non-hydrogen) atoms. The monoisotopic (exact) mass is 396 g/mol. The van der Waals surface area contributed by atoms with Crippen LogP contribution >= 0.6 is 0 Å². The molecule has 0 saturated heterocycles. The number of fused-ring (bicyclic) bond motifs is 1. The Balaban J connectivity index is 1.47. The number of carbonyl (C=O) groups is 1. The molecule has 150 valence electrons. The zero-order valence-corrected chi connectivity index (χ0v) is 17.4. The quantitative estimate of drug-likeness (QED) is 0.496. The van der Waals surface area contributed by atoms with Crippen molar-refractivity contribution in [2.24, 2.45) is 0 Å². The second-order valence-electron chi connectivity index (χ2n) is 7.26. The minimum absolute atomic E-state index is 0.140. The Labute approximate surface area is 176 Å². The minimum Gasteiger partial charge on any atom is -0.321 e. The van der Waals surface area contributed by atoms with Gasteiger partial charge in [0.15, 0.2) is 0 Å². The Bertz CT molecular complexity index is 1240. The fourth-order valence-electron chi connectivity index (χ4n) is 3.41. The summed E-state index contributed by atoms with van der Waals surface area (Å²) in [6.45, 7) is 6.11. The highest BCUT2D eigenvalue weighted by Crippen LogP contribution is 2.17. The molecule has 0 radical (unpaired) electrons. The van der Waals surface area contributed by atoms with E-state index in [2.05, 4.69) is 22.2 Å². The van der Waals surface area contributed by atoms with Crippen molar-refractivity contribution >= 4 is 29.4 Å². The minimum atomic E-state index is -0.140. The summed E-state index contributed by atoms with van der Waals surface area (Å²) in [5.41, 5.74) is 7.32. The van der Waals surface area contributed by atoms with E-state index in [0.717, 1.165) is 46.1 Å². The number of carbonyl (C=O) groups excluding carboxylic acids is 1. The van der Waals surface area contributed by atoms with E-state index in [-0.39, 0.29) is 5.91 Å². The van der Waals surface area contributed by atoms with Crippen LogP contribution in [0.1, 0.15) is 45.6 Å². The maximum absolute atomic E-state index is 12.7. The molecule has 3 heterocycles. The van der Waals surface area contributed by atoms with Crippen molar-refractivity contribution in [1.29, 1.82) is 0 Å². The van der Waals surface area contributed by atoms with Crippen LogP contribution in [0.5, 0.6) is 0 Å². The summed E-state index contributed by atoms with van der Waals surface area (Å²) in [5.74, 6) is -0.140. The number of aryl methyl sites for hydroxylation is 3. The first-order valence-corrected chi connectivity index (χ1v) is 10.0. The third kappa shape index (κ3) is 4.15. The molecule has 0 fully saturated rings. The molecule has 5 heteroatoms. The number of imidazole rings is 1. The second kappa shape index (κ2) is 8.33. The summed E-state index contributed by atoms with van der Waals surface area (Å²) in [4.78, 5) is 21.7. The van der Waals surface area contributed by atoms with Crippen LogP contribution < -0.4 is 5.32 Å². The molecule has 0 aliphatic rings. The summed E-state index contributed by atoms with van der Waals surface area (Å²) in [6.07, 6.45) is 6.76. The van der Waals surface area contributed by atoms with Gasteiger partial charge in [0.1, 0.15) is 5.65 Å². The van der Waals surface area contributed by atoms with Gasteiger partial charge in [-0.1, -0.05) is 31.2 Å². The lowest BCUT2D eigenvalue weighted by molar-refractivity contribution is 0.102. The summed E-state index contributed by atoms with van der Waals surface area (Å²) in [7, 11) is 0. The first-order chi connectivity index (χ1) is 14.5. The van der Waals surface area contributed by atoms with Gasteiger partial charge < -0.3 is 9.72 Å². The Hall–Kier alpha value is -3.73. The van der Waals surface area contributed by atoms with Crippen LogP contribution in [0.25, 0.3) is 17.8 Å². The lowest BCUT2D eigenvalue weighted by Gasteiger charge is -2.07. The Kier molecular flexibility index (Phi) is 5.44. The van der Waals surface area contributed by atoms with Crippen molar-refractivity contribution in [2.45, 2.75) is 27.2 Å². The fraction of sp³-hybridized carbons (Fsp3) is 0.160. The molecule has 0 aliphatic carbocycles. The van der Waals surface area contributed by atoms with Gasteiger partial charge in [0, 0.05) is 23.1 Å². The van der Waals surface area contributed by atoms with E-state index >= 15 is 0 Å². The van der Waals surface area contributed by atoms with Crippen molar-refractivity contribution in [2.75, 3.05) is 5.32 Å². The van der Waals surface area contributed by atoms with Gasteiger partial charge >= 0.3 is 0 Å². The van der Waals surface area contributed by atoms with Gasteiger partial charge in [-0.25, -0.2) is 4.98 Å². The standard InChI is InChI=1S/C25H24N4O/c1-4-23-18(3)29-16-22(14-15-24(29)28-23)27-25(30)20-11-8-19(9-12-20)10-13-21-7-5-6-17(2)26-21/h5-16H,4H2,1-3H3,(H,27,30). The van der Waals surface area contributed by atoms with Crippen molar-refractivity contribution in [3.63, 3.8) is 0 Å². The Morgan fingerprint density at radius 3 is 2.53 bits per heavy atom. The Morgan fingerprint density at radius 2 is 1.80 bits per heavy atom. The third-order valence-corrected chi connectivity index (χ3v) is 5.08. The third-order valence-electron chi connectivity index (χ3n) is 5.08. The van der Waals surface area contributed by atoms with Crippen LogP contribution in [0.4, 0.5) is 5.69 Å². The SMILES string of the molecule is CCc1nc2ccc(NC(=O)c3ccc(C=Cc4cccc(C)n4)cc3)cn2c1C. The fourth-order valence-corrected chi connectivity index (χ4v) is 3.41. The van der Waals surface area contributed by atoms with Gasteiger partial charge in [0.2, 0.25) is 0 Å². The molecular weight excluding hydrogens is 372 g/mol. The first-order valence-electron chi connectivity index (χ1n) is 10.0. The zero-order chi connectivity index (χ0) is 21.1. The molecule has 3 aromatic heterocycles. The second-order valence-corrected chi connectivity index (χ2v) is 7.26. The molecule has 0 saturated carbocycles. The largest absolute Gasteiger partial charge is 0.321 e. The number of pyridine rings is 2. The number of nitrogens with zero attached hydrogens (tertiary/aromatic N) is 3. The molecule has 4 rings (SSSR count). The number of benzene rings is 1. The van der Waals surface area contributed by atoms with Gasteiger partial charge in [0.25, 0.3) is 5.91 Å². The highest BCUT2D eigenvalue weighted by atomic mass is 16.1. The number of aromatic nitrogens is 3. The van der Waals surface area contributed by atoms with Crippen LogP contribution in [0, 0.1) is 13.8 Å². The van der Waals surface area contributed by atoms with Gasteiger partial charge in [-0.15, -0.1) is 0 Å². The number of nitrogens with one attached hydrogen (secondary N) is 1. The van der Waals surface area contributed by atoms with Gasteiger partial charge in [-0.05, 0) is 68.3 Å². The van der Waals surface area contributed by atoms with Crippen molar-refractivity contribution in [3.8, 4) is 0 Å². The van der Waals surface area contributed by atoms with Gasteiger partial charge in [-0.3, -0.25) is 9.78 Å². The van der Waals surface area contributed by atoms with Crippen LogP contribution in [-0.4, -0.2) is 20.3 Å². The van der Waals surface area contributed by atoms with Crippen LogP contribution in [0.2, 0.25) is 0 Å². The van der Waals surface area contributed by atoms with Crippen LogP contribution in [0.3, 0.4) is 0 Å². The van der Waals surface area contributed by atoms with E-state index in [9.17, 15) is 4.79 Å². The number of rotatable bonds is 5. The maximum Gasteiger partial charge on any atom is 0.255 e. The highest BCUT2D eigenvalue weighted by Gasteiger charge is 2.09. The molecule has 5 nitrogen and oxygen atoms in total. The maximum atomic E-state index is 12.7. The van der Waals surface area contributed by atoms with Crippen LogP contribution in [0.15, 0.2) is 60.8 Å². The first kappa shape index (κ1) is 19.6. The molecular formula is C25H24N4O. The van der Waals surface area contributed by atoms with E-state index < -0.39 is 0 Å². The number of anilines is 1. The summed E-state index contributed by atoms with van der Waals surface area (Å²) in [6, 6.07) is 17.2. The van der Waals surface area contributed by atoms with Gasteiger partial charge in [-0.2, -0.15) is 0 Å². The summed E-state index contributed by atoms with van der Waals surface area (Å²) < 4.78 is 2.02. The smallest absolute Gasteiger partial charge is 0.255 e. The molecule has 4 aromatic rings. The molecule has 0 aliphatic heterocycles. The van der Waals surface area contributed by atoms with E-state index in [4.69, 9.17) is 0 Å². The normalized spacial score (nSPS) is 11.3. The van der Waals surface area contributed by atoms with Crippen molar-refractivity contribution in [3.05, 3.63) is 94.7 Å². The summed E-state index contributed by atoms with van der Waals surface area (Å²) in [5, 5.41) is 2.97. The van der Waals surface area contributed by atoms with Crippen molar-refractivity contribution in [1.82, 2.24) is 14.4 Å². The van der Waals surface area contributed by atoms with Crippen LogP contribution in [-0.2, 0) is 6.42 Å². The highest BCUT2D eigenvalue weighted by molar-refractivity contribution is 6.04. The molecule has 1 aromatic carbocycles. The topological polar surface area (TPSA) is 59.3 Å². The van der Waals surface area contributed by atoms with E-state index in [0.29, 0.717) is 5.56 Å². The zero-order valence-electron chi connectivity index (χ0n) is 17.4. The number of hydrogen-bond acceptors (Lipinski definition) is 3. The Morgan fingerprint density at radius 1 is 1.00 bits per heavy atom. The predicted octanol–water partition coefficient (Wildman–Crippen LogP) is 5.33. The molecule has 0 unspecified atom stereocenters. The van der Waals surface area contributed by atoms with E-state index in [1.54, 1.807) is 0 Å². The molecule has 1 N–H and O–H groups in total. The number of hydrogen-bond donors (Lipinski definition) is 1. The van der Waals surface area contributed by atoms with Gasteiger partial charge in [0.05, 0.1) is 17.1 Å². The predicted molar refractivity (Wildman–Crippen MR) is 122 cm³/mol. The number of amides is 1. The average molecular weight is 396 g/mol.